The number of alkyl halides is 1. The van der Waals surface area contributed by atoms with Gasteiger partial charge in [-0.25, -0.2) is 4.39 Å². The molecule has 0 spiro atoms. The van der Waals surface area contributed by atoms with E-state index in [1.807, 2.05) is 37.7 Å². The monoisotopic (exact) mass is 369 g/mol. The van der Waals surface area contributed by atoms with Gasteiger partial charge < -0.3 is 9.30 Å². The lowest BCUT2D eigenvalue weighted by Gasteiger charge is -2.19. The van der Waals surface area contributed by atoms with Crippen molar-refractivity contribution in [1.29, 1.82) is 0 Å². The Morgan fingerprint density at radius 3 is 2.48 bits per heavy atom. The first-order chi connectivity index (χ1) is 12.9. The Morgan fingerprint density at radius 2 is 1.89 bits per heavy atom. The fourth-order valence-electron chi connectivity index (χ4n) is 3.65. The molecule has 4 nitrogen and oxygen atoms in total. The molecule has 5 heteroatoms. The molecule has 3 heterocycles. The Morgan fingerprint density at radius 1 is 1.15 bits per heavy atom. The van der Waals surface area contributed by atoms with Crippen molar-refractivity contribution in [2.75, 3.05) is 20.4 Å². The van der Waals surface area contributed by atoms with Gasteiger partial charge in [0.1, 0.15) is 6.67 Å². The fourth-order valence-corrected chi connectivity index (χ4v) is 3.65. The van der Waals surface area contributed by atoms with E-state index >= 15 is 0 Å². The van der Waals surface area contributed by atoms with Crippen molar-refractivity contribution in [2.45, 2.75) is 46.6 Å². The first-order valence-corrected chi connectivity index (χ1v) is 9.38. The Bertz CT molecular complexity index is 962. The van der Waals surface area contributed by atoms with E-state index in [1.165, 1.54) is 0 Å². The van der Waals surface area contributed by atoms with Gasteiger partial charge in [-0.15, -0.1) is 0 Å². The number of fused-ring (bicyclic) bond motifs is 1. The number of nitrogens with zero attached hydrogens (tertiary/aromatic N) is 3. The van der Waals surface area contributed by atoms with Crippen LogP contribution >= 0.6 is 0 Å². The van der Waals surface area contributed by atoms with E-state index in [9.17, 15) is 4.39 Å². The van der Waals surface area contributed by atoms with Gasteiger partial charge >= 0.3 is 0 Å². The molecule has 0 unspecified atom stereocenters. The lowest BCUT2D eigenvalue weighted by molar-refractivity contribution is 0.142. The second-order valence-corrected chi connectivity index (χ2v) is 7.52. The third-order valence-electron chi connectivity index (χ3n) is 5.11. The van der Waals surface area contributed by atoms with E-state index in [1.54, 1.807) is 7.11 Å². The van der Waals surface area contributed by atoms with Crippen molar-refractivity contribution < 1.29 is 9.13 Å². The summed E-state index contributed by atoms with van der Waals surface area (Å²) in [4.78, 5) is 9.44. The molecule has 0 saturated carbocycles. The summed E-state index contributed by atoms with van der Waals surface area (Å²) in [5, 5.41) is 0. The molecule has 0 amide bonds. The van der Waals surface area contributed by atoms with Crippen LogP contribution in [0, 0.1) is 20.8 Å². The second kappa shape index (κ2) is 7.77. The zero-order valence-electron chi connectivity index (χ0n) is 17.0. The number of halogens is 1. The molecule has 3 rings (SSSR count). The standard InChI is InChI=1S/C22H28FN3O/c1-13(2)19-8-7-18(16(5)25-19)20-14(3)10-24-21-15(4)11-26(22(20)21)17(9-23)12-27-6/h7-8,10-11,13,17H,9,12H2,1-6H3/t17-/m0/s1. The minimum atomic E-state index is -0.492. The number of pyridine rings is 2. The van der Waals surface area contributed by atoms with E-state index in [4.69, 9.17) is 9.72 Å². The molecule has 1 atom stereocenters. The zero-order chi connectivity index (χ0) is 19.7. The lowest BCUT2D eigenvalue weighted by atomic mass is 9.97. The highest BCUT2D eigenvalue weighted by molar-refractivity contribution is 5.96. The van der Waals surface area contributed by atoms with E-state index in [2.05, 4.69) is 31.0 Å². The second-order valence-electron chi connectivity index (χ2n) is 7.52. The largest absolute Gasteiger partial charge is 0.382 e. The molecular weight excluding hydrogens is 341 g/mol. The van der Waals surface area contributed by atoms with Gasteiger partial charge in [-0.3, -0.25) is 9.97 Å². The van der Waals surface area contributed by atoms with Crippen molar-refractivity contribution in [3.63, 3.8) is 0 Å². The first-order valence-electron chi connectivity index (χ1n) is 9.38. The van der Waals surface area contributed by atoms with Crippen LogP contribution in [-0.4, -0.2) is 34.9 Å². The molecule has 0 aromatic carbocycles. The van der Waals surface area contributed by atoms with Crippen LogP contribution in [0.2, 0.25) is 0 Å². The van der Waals surface area contributed by atoms with Crippen molar-refractivity contribution in [2.24, 2.45) is 0 Å². The predicted octanol–water partition coefficient (Wildman–Crippen LogP) is 5.30. The van der Waals surface area contributed by atoms with Gasteiger partial charge in [-0.2, -0.15) is 0 Å². The van der Waals surface area contributed by atoms with Crippen LogP contribution in [0.3, 0.4) is 0 Å². The maximum atomic E-state index is 13.8. The highest BCUT2D eigenvalue weighted by Crippen LogP contribution is 2.36. The summed E-state index contributed by atoms with van der Waals surface area (Å²) in [7, 11) is 1.60. The van der Waals surface area contributed by atoms with Gasteiger partial charge in [-0.05, 0) is 43.9 Å². The summed E-state index contributed by atoms with van der Waals surface area (Å²) in [6, 6.07) is 3.84. The van der Waals surface area contributed by atoms with Crippen molar-refractivity contribution in [3.05, 3.63) is 47.0 Å². The normalized spacial score (nSPS) is 12.9. The van der Waals surface area contributed by atoms with Crippen molar-refractivity contribution >= 4 is 11.0 Å². The Kier molecular flexibility index (Phi) is 5.61. The lowest BCUT2D eigenvalue weighted by Crippen LogP contribution is -2.16. The molecule has 3 aromatic rings. The Balaban J connectivity index is 2.31. The SMILES string of the molecule is COC[C@H](CF)n1cc(C)c2ncc(C)c(-c3ccc(C(C)C)nc3C)c21. The van der Waals surface area contributed by atoms with Crippen LogP contribution in [0.25, 0.3) is 22.2 Å². The summed E-state index contributed by atoms with van der Waals surface area (Å²) in [6.07, 6.45) is 3.88. The molecule has 0 radical (unpaired) electrons. The number of rotatable bonds is 6. The summed E-state index contributed by atoms with van der Waals surface area (Å²) in [5.41, 5.74) is 8.13. The molecule has 0 aliphatic rings. The number of methoxy groups -OCH3 is 1. The average Bonchev–Trinajstić information content (AvgIpc) is 2.96. The number of aryl methyl sites for hydroxylation is 3. The summed E-state index contributed by atoms with van der Waals surface area (Å²) in [5.74, 6) is 0.375. The topological polar surface area (TPSA) is 39.9 Å². The minimum Gasteiger partial charge on any atom is -0.382 e. The van der Waals surface area contributed by atoms with Gasteiger partial charge in [0, 0.05) is 42.0 Å². The third-order valence-corrected chi connectivity index (χ3v) is 5.11. The number of ether oxygens (including phenoxy) is 1. The van der Waals surface area contributed by atoms with Gasteiger partial charge in [0.25, 0.3) is 0 Å². The molecule has 27 heavy (non-hydrogen) atoms. The quantitative estimate of drug-likeness (QED) is 0.592. The molecule has 0 bridgehead atoms. The molecule has 144 valence electrons. The van der Waals surface area contributed by atoms with Crippen LogP contribution in [0.1, 0.15) is 48.3 Å². The third kappa shape index (κ3) is 3.48. The van der Waals surface area contributed by atoms with Gasteiger partial charge in [0.05, 0.1) is 23.7 Å². The molecule has 3 aromatic heterocycles. The maximum Gasteiger partial charge on any atom is 0.112 e. The van der Waals surface area contributed by atoms with Crippen LogP contribution in [-0.2, 0) is 4.74 Å². The summed E-state index contributed by atoms with van der Waals surface area (Å²) in [6.45, 7) is 10.2. The predicted molar refractivity (Wildman–Crippen MR) is 108 cm³/mol. The molecule has 0 aliphatic heterocycles. The van der Waals surface area contributed by atoms with Gasteiger partial charge in [-0.1, -0.05) is 19.9 Å². The van der Waals surface area contributed by atoms with Crippen molar-refractivity contribution in [1.82, 2.24) is 14.5 Å². The fraction of sp³-hybridized carbons (Fsp3) is 0.455. The van der Waals surface area contributed by atoms with Gasteiger partial charge in [0.15, 0.2) is 0 Å². The van der Waals surface area contributed by atoms with E-state index in [-0.39, 0.29) is 6.04 Å². The van der Waals surface area contributed by atoms with E-state index < -0.39 is 6.67 Å². The highest BCUT2D eigenvalue weighted by Gasteiger charge is 2.21. The van der Waals surface area contributed by atoms with E-state index in [0.717, 1.165) is 44.7 Å². The molecule has 0 fully saturated rings. The molecule has 0 aliphatic carbocycles. The Labute approximate surface area is 160 Å². The Hall–Kier alpha value is -2.27. The van der Waals surface area contributed by atoms with Crippen LogP contribution < -0.4 is 0 Å². The van der Waals surface area contributed by atoms with Crippen LogP contribution in [0.4, 0.5) is 4.39 Å². The average molecular weight is 369 g/mol. The molecule has 0 N–H and O–H groups in total. The summed E-state index contributed by atoms with van der Waals surface area (Å²) < 4.78 is 21.0. The highest BCUT2D eigenvalue weighted by atomic mass is 19.1. The minimum absolute atomic E-state index is 0.316. The number of hydrogen-bond donors (Lipinski definition) is 0. The first kappa shape index (κ1) is 19.5. The van der Waals surface area contributed by atoms with Crippen LogP contribution in [0.15, 0.2) is 24.5 Å². The van der Waals surface area contributed by atoms with E-state index in [0.29, 0.717) is 12.5 Å². The number of hydrogen-bond acceptors (Lipinski definition) is 3. The molecular formula is C22H28FN3O. The number of aromatic nitrogens is 3. The van der Waals surface area contributed by atoms with Gasteiger partial charge in [0.2, 0.25) is 0 Å². The zero-order valence-corrected chi connectivity index (χ0v) is 17.0. The van der Waals surface area contributed by atoms with Crippen LogP contribution in [0.5, 0.6) is 0 Å². The van der Waals surface area contributed by atoms with Crippen molar-refractivity contribution in [3.8, 4) is 11.1 Å². The smallest absolute Gasteiger partial charge is 0.112 e. The molecule has 0 saturated heterocycles. The summed E-state index contributed by atoms with van der Waals surface area (Å²) >= 11 is 0. The maximum absolute atomic E-state index is 13.8.